The number of guanidine groups is 1. The first-order valence-corrected chi connectivity index (χ1v) is 6.27. The van der Waals surface area contributed by atoms with Gasteiger partial charge in [0.25, 0.3) is 5.91 Å². The lowest BCUT2D eigenvalue weighted by Crippen LogP contribution is -2.41. The number of carbonyl (C=O) groups is 2. The van der Waals surface area contributed by atoms with Gasteiger partial charge in [-0.3, -0.25) is 10.2 Å². The van der Waals surface area contributed by atoms with E-state index in [-0.39, 0.29) is 17.9 Å². The van der Waals surface area contributed by atoms with E-state index in [1.165, 1.54) is 12.1 Å². The first kappa shape index (κ1) is 16.4. The van der Waals surface area contributed by atoms with Crippen LogP contribution in [-0.4, -0.2) is 35.5 Å². The van der Waals surface area contributed by atoms with E-state index >= 15 is 0 Å². The average Bonchev–Trinajstić information content (AvgIpc) is 2.42. The molecule has 0 aliphatic rings. The summed E-state index contributed by atoms with van der Waals surface area (Å²) in [4.78, 5) is 22.9. The fourth-order valence-electron chi connectivity index (χ4n) is 1.63. The summed E-state index contributed by atoms with van der Waals surface area (Å²) in [6.45, 7) is 0.339. The minimum atomic E-state index is -1.16. The Bertz CT molecular complexity index is 519. The topological polar surface area (TPSA) is 128 Å². The molecule has 1 amide bonds. The second-order valence-corrected chi connectivity index (χ2v) is 4.35. The van der Waals surface area contributed by atoms with Crippen LogP contribution in [0.2, 0.25) is 0 Å². The molecule has 0 saturated heterocycles. The zero-order chi connectivity index (χ0) is 15.8. The molecule has 0 aliphatic carbocycles. The van der Waals surface area contributed by atoms with Crippen molar-refractivity contribution < 1.29 is 19.1 Å². The van der Waals surface area contributed by atoms with Crippen molar-refractivity contribution in [1.29, 1.82) is 5.41 Å². The van der Waals surface area contributed by atoms with Crippen LogP contribution in [0.5, 0.6) is 0 Å². The van der Waals surface area contributed by atoms with Gasteiger partial charge in [-0.2, -0.15) is 0 Å². The van der Waals surface area contributed by atoms with E-state index in [2.05, 4.69) is 10.6 Å². The molecule has 1 aromatic carbocycles. The van der Waals surface area contributed by atoms with Crippen molar-refractivity contribution in [2.45, 2.75) is 18.9 Å². The van der Waals surface area contributed by atoms with Crippen molar-refractivity contribution in [1.82, 2.24) is 10.6 Å². The third-order valence-corrected chi connectivity index (χ3v) is 2.69. The third kappa shape index (κ3) is 5.89. The second-order valence-electron chi connectivity index (χ2n) is 4.35. The van der Waals surface area contributed by atoms with E-state index in [1.54, 1.807) is 0 Å². The predicted octanol–water partition coefficient (Wildman–Crippen LogP) is 0.272. The molecule has 1 rings (SSSR count). The molecule has 0 aliphatic heterocycles. The highest BCUT2D eigenvalue weighted by molar-refractivity contribution is 5.96. The van der Waals surface area contributed by atoms with Gasteiger partial charge >= 0.3 is 5.97 Å². The van der Waals surface area contributed by atoms with E-state index in [1.807, 2.05) is 0 Å². The van der Waals surface area contributed by atoms with Gasteiger partial charge in [0.1, 0.15) is 11.9 Å². The number of nitrogens with one attached hydrogen (secondary N) is 3. The van der Waals surface area contributed by atoms with Crippen LogP contribution in [0.3, 0.4) is 0 Å². The summed E-state index contributed by atoms with van der Waals surface area (Å²) in [6, 6.07) is 3.75. The molecule has 0 aromatic heterocycles. The number of benzene rings is 1. The molecule has 1 atom stereocenters. The number of carboxylic acid groups (broad SMARTS) is 1. The van der Waals surface area contributed by atoms with Gasteiger partial charge in [-0.15, -0.1) is 0 Å². The number of carboxylic acids is 1. The summed E-state index contributed by atoms with van der Waals surface area (Å²) >= 11 is 0. The minimum absolute atomic E-state index is 0.183. The number of aliphatic carboxylic acids is 1. The molecule has 0 spiro atoms. The first-order chi connectivity index (χ1) is 9.90. The summed E-state index contributed by atoms with van der Waals surface area (Å²) in [6.07, 6.45) is 0.600. The number of halogens is 1. The van der Waals surface area contributed by atoms with E-state index in [0.717, 1.165) is 12.1 Å². The minimum Gasteiger partial charge on any atom is -0.480 e. The number of carbonyl (C=O) groups excluding carboxylic acids is 1. The highest BCUT2D eigenvalue weighted by atomic mass is 19.1. The van der Waals surface area contributed by atoms with Crippen molar-refractivity contribution in [2.24, 2.45) is 5.73 Å². The van der Waals surface area contributed by atoms with Gasteiger partial charge in [-0.05, 0) is 37.1 Å². The van der Waals surface area contributed by atoms with Crippen LogP contribution in [0.1, 0.15) is 23.2 Å². The van der Waals surface area contributed by atoms with Crippen molar-refractivity contribution in [3.05, 3.63) is 35.6 Å². The molecule has 7 nitrogen and oxygen atoms in total. The summed E-state index contributed by atoms with van der Waals surface area (Å²) < 4.78 is 12.8. The maximum atomic E-state index is 12.8. The van der Waals surface area contributed by atoms with E-state index in [0.29, 0.717) is 13.0 Å². The monoisotopic (exact) mass is 296 g/mol. The second kappa shape index (κ2) is 7.83. The maximum absolute atomic E-state index is 12.8. The van der Waals surface area contributed by atoms with Crippen molar-refractivity contribution in [3.8, 4) is 0 Å². The van der Waals surface area contributed by atoms with E-state index < -0.39 is 23.7 Å². The standard InChI is InChI=1S/C13H17FN4O3/c14-9-5-3-8(4-6-9)11(19)18-10(12(20)21)2-1-7-17-13(15)16/h3-6,10H,1-2,7H2,(H,18,19)(H,20,21)(H4,15,16,17). The zero-order valence-corrected chi connectivity index (χ0v) is 11.2. The van der Waals surface area contributed by atoms with Crippen LogP contribution in [0, 0.1) is 11.2 Å². The molecule has 114 valence electrons. The highest BCUT2D eigenvalue weighted by Crippen LogP contribution is 2.04. The third-order valence-electron chi connectivity index (χ3n) is 2.69. The lowest BCUT2D eigenvalue weighted by molar-refractivity contribution is -0.139. The molecule has 0 radical (unpaired) electrons. The molecule has 1 unspecified atom stereocenters. The quantitative estimate of drug-likeness (QED) is 0.280. The molecular formula is C13H17FN4O3. The predicted molar refractivity (Wildman–Crippen MR) is 74.4 cm³/mol. The number of hydrogen-bond acceptors (Lipinski definition) is 3. The van der Waals surface area contributed by atoms with Gasteiger partial charge < -0.3 is 21.5 Å². The molecule has 8 heteroatoms. The van der Waals surface area contributed by atoms with Crippen molar-refractivity contribution in [2.75, 3.05) is 6.54 Å². The highest BCUT2D eigenvalue weighted by Gasteiger charge is 2.20. The lowest BCUT2D eigenvalue weighted by Gasteiger charge is -2.14. The summed E-state index contributed by atoms with van der Waals surface area (Å²) in [5, 5.41) is 20.9. The van der Waals surface area contributed by atoms with Gasteiger partial charge in [0.2, 0.25) is 0 Å². The van der Waals surface area contributed by atoms with Gasteiger partial charge in [0.05, 0.1) is 0 Å². The summed E-state index contributed by atoms with van der Waals surface area (Å²) in [5.41, 5.74) is 5.28. The van der Waals surface area contributed by atoms with Crippen molar-refractivity contribution in [3.63, 3.8) is 0 Å². The Morgan fingerprint density at radius 3 is 2.48 bits per heavy atom. The fourth-order valence-corrected chi connectivity index (χ4v) is 1.63. The van der Waals surface area contributed by atoms with Gasteiger partial charge in [0.15, 0.2) is 5.96 Å². The Labute approximate surface area is 120 Å². The molecule has 0 bridgehead atoms. The summed E-state index contributed by atoms with van der Waals surface area (Å²) in [5.74, 6) is -2.41. The zero-order valence-electron chi connectivity index (χ0n) is 11.2. The van der Waals surface area contributed by atoms with E-state index in [4.69, 9.17) is 16.2 Å². The Balaban J connectivity index is 2.53. The lowest BCUT2D eigenvalue weighted by atomic mass is 10.1. The van der Waals surface area contributed by atoms with E-state index in [9.17, 15) is 14.0 Å². The van der Waals surface area contributed by atoms with Crippen LogP contribution in [0.15, 0.2) is 24.3 Å². The largest absolute Gasteiger partial charge is 0.480 e. The smallest absolute Gasteiger partial charge is 0.326 e. The first-order valence-electron chi connectivity index (χ1n) is 6.27. The Morgan fingerprint density at radius 2 is 1.95 bits per heavy atom. The molecule has 0 heterocycles. The fraction of sp³-hybridized carbons (Fsp3) is 0.308. The SMILES string of the molecule is N=C(N)NCCCC(NC(=O)c1ccc(F)cc1)C(=O)O. The Morgan fingerprint density at radius 1 is 1.33 bits per heavy atom. The number of amides is 1. The molecule has 6 N–H and O–H groups in total. The average molecular weight is 296 g/mol. The molecular weight excluding hydrogens is 279 g/mol. The molecule has 0 saturated carbocycles. The van der Waals surface area contributed by atoms with Gasteiger partial charge in [-0.1, -0.05) is 0 Å². The number of nitrogens with two attached hydrogens (primary N) is 1. The summed E-state index contributed by atoms with van der Waals surface area (Å²) in [7, 11) is 0. The Hall–Kier alpha value is -2.64. The maximum Gasteiger partial charge on any atom is 0.326 e. The van der Waals surface area contributed by atoms with Crippen LogP contribution in [0.4, 0.5) is 4.39 Å². The molecule has 1 aromatic rings. The van der Waals surface area contributed by atoms with Crippen molar-refractivity contribution >= 4 is 17.8 Å². The van der Waals surface area contributed by atoms with Crippen LogP contribution < -0.4 is 16.4 Å². The molecule has 0 fully saturated rings. The van der Waals surface area contributed by atoms with Gasteiger partial charge in [-0.25, -0.2) is 9.18 Å². The van der Waals surface area contributed by atoms with Gasteiger partial charge in [0, 0.05) is 12.1 Å². The molecule has 21 heavy (non-hydrogen) atoms. The van der Waals surface area contributed by atoms with Crippen LogP contribution in [-0.2, 0) is 4.79 Å². The van der Waals surface area contributed by atoms with Crippen LogP contribution in [0.25, 0.3) is 0 Å². The van der Waals surface area contributed by atoms with Crippen LogP contribution >= 0.6 is 0 Å². The number of hydrogen-bond donors (Lipinski definition) is 5. The normalized spacial score (nSPS) is 11.5. The number of rotatable bonds is 7. The Kier molecular flexibility index (Phi) is 6.12.